The quantitative estimate of drug-likeness (QED) is 0.783. The Bertz CT molecular complexity index is 888. The lowest BCUT2D eigenvalue weighted by Gasteiger charge is -2.31. The fraction of sp³-hybridized carbons (Fsp3) is 0.304. The molecule has 0 heterocycles. The summed E-state index contributed by atoms with van der Waals surface area (Å²) >= 11 is 0. The van der Waals surface area contributed by atoms with Crippen molar-refractivity contribution in [1.82, 2.24) is 4.90 Å². The lowest BCUT2D eigenvalue weighted by molar-refractivity contribution is -0.142. The van der Waals surface area contributed by atoms with Crippen LogP contribution < -0.4 is 0 Å². The summed E-state index contributed by atoms with van der Waals surface area (Å²) in [6.45, 7) is 1.71. The van der Waals surface area contributed by atoms with E-state index >= 15 is 0 Å². The smallest absolute Gasteiger partial charge is 0.411 e. The Morgan fingerprint density at radius 3 is 2.25 bits per heavy atom. The number of allylic oxidation sites excluding steroid dienone is 1. The highest BCUT2D eigenvalue weighted by atomic mass is 16.6. The maximum absolute atomic E-state index is 12.9. The zero-order valence-corrected chi connectivity index (χ0v) is 15.7. The first-order valence-corrected chi connectivity index (χ1v) is 9.60. The molecule has 2 aromatic rings. The molecule has 2 aliphatic rings. The standard InChI is InChI=1S/C23H23NO4/c1-15(22(25)26)24(16-8-2-3-9-16)23(27)28-14-21-19-12-6-4-10-17(19)18-11-5-7-13-20(18)21/h2,4-8,10-13,15-16,21H,3,9,14H2,1H3,(H,25,26)/t15-,16-/m1/s1. The van der Waals surface area contributed by atoms with E-state index in [1.807, 2.05) is 36.4 Å². The molecule has 0 bridgehead atoms. The van der Waals surface area contributed by atoms with Crippen LogP contribution in [0.4, 0.5) is 4.79 Å². The molecule has 0 saturated heterocycles. The minimum Gasteiger partial charge on any atom is -0.480 e. The van der Waals surface area contributed by atoms with Crippen molar-refractivity contribution < 1.29 is 19.4 Å². The molecule has 0 unspecified atom stereocenters. The van der Waals surface area contributed by atoms with Crippen molar-refractivity contribution in [2.24, 2.45) is 0 Å². The van der Waals surface area contributed by atoms with Crippen LogP contribution in [-0.4, -0.2) is 40.8 Å². The summed E-state index contributed by atoms with van der Waals surface area (Å²) < 4.78 is 5.68. The number of carbonyl (C=O) groups is 2. The van der Waals surface area contributed by atoms with Crippen molar-refractivity contribution in [3.63, 3.8) is 0 Å². The van der Waals surface area contributed by atoms with E-state index in [1.165, 1.54) is 11.8 Å². The van der Waals surface area contributed by atoms with Crippen molar-refractivity contribution in [1.29, 1.82) is 0 Å². The second-order valence-electron chi connectivity index (χ2n) is 7.30. The minimum atomic E-state index is -1.03. The maximum Gasteiger partial charge on any atom is 0.411 e. The van der Waals surface area contributed by atoms with Crippen LogP contribution in [0.2, 0.25) is 0 Å². The second-order valence-corrected chi connectivity index (χ2v) is 7.30. The van der Waals surface area contributed by atoms with Crippen molar-refractivity contribution in [3.05, 3.63) is 71.8 Å². The summed E-state index contributed by atoms with van der Waals surface area (Å²) in [6.07, 6.45) is 4.85. The number of benzene rings is 2. The van der Waals surface area contributed by atoms with Gasteiger partial charge in [0, 0.05) is 5.92 Å². The van der Waals surface area contributed by atoms with Gasteiger partial charge in [-0.05, 0) is 42.0 Å². The molecular weight excluding hydrogens is 354 g/mol. The molecule has 1 N–H and O–H groups in total. The molecule has 144 valence electrons. The van der Waals surface area contributed by atoms with E-state index in [0.717, 1.165) is 35.1 Å². The van der Waals surface area contributed by atoms with E-state index in [-0.39, 0.29) is 18.6 Å². The number of rotatable bonds is 5. The van der Waals surface area contributed by atoms with Gasteiger partial charge < -0.3 is 9.84 Å². The summed E-state index contributed by atoms with van der Waals surface area (Å²) in [7, 11) is 0. The zero-order chi connectivity index (χ0) is 19.7. The van der Waals surface area contributed by atoms with Crippen LogP contribution >= 0.6 is 0 Å². The van der Waals surface area contributed by atoms with Gasteiger partial charge in [0.1, 0.15) is 12.6 Å². The lowest BCUT2D eigenvalue weighted by atomic mass is 9.98. The molecule has 0 aromatic heterocycles. The average molecular weight is 377 g/mol. The normalized spacial score (nSPS) is 18.4. The molecule has 5 heteroatoms. The van der Waals surface area contributed by atoms with Crippen LogP contribution in [-0.2, 0) is 9.53 Å². The third-order valence-electron chi connectivity index (χ3n) is 5.67. The van der Waals surface area contributed by atoms with Gasteiger partial charge in [-0.25, -0.2) is 9.59 Å². The molecule has 2 aliphatic carbocycles. The number of hydrogen-bond donors (Lipinski definition) is 1. The minimum absolute atomic E-state index is 0.0440. The largest absolute Gasteiger partial charge is 0.480 e. The van der Waals surface area contributed by atoms with Crippen molar-refractivity contribution in [3.8, 4) is 11.1 Å². The second kappa shape index (κ2) is 7.50. The first kappa shape index (κ1) is 18.3. The van der Waals surface area contributed by atoms with Crippen molar-refractivity contribution >= 4 is 12.1 Å². The van der Waals surface area contributed by atoms with E-state index in [0.29, 0.717) is 0 Å². The number of amides is 1. The molecule has 1 amide bonds. The molecule has 0 saturated carbocycles. The van der Waals surface area contributed by atoms with E-state index in [4.69, 9.17) is 4.74 Å². The highest BCUT2D eigenvalue weighted by molar-refractivity contribution is 5.81. The molecule has 0 spiro atoms. The van der Waals surface area contributed by atoms with Gasteiger partial charge in [0.2, 0.25) is 0 Å². The van der Waals surface area contributed by atoms with Crippen molar-refractivity contribution in [2.45, 2.75) is 37.8 Å². The van der Waals surface area contributed by atoms with Gasteiger partial charge in [-0.15, -0.1) is 0 Å². The van der Waals surface area contributed by atoms with Gasteiger partial charge >= 0.3 is 12.1 Å². The van der Waals surface area contributed by atoms with E-state index in [1.54, 1.807) is 0 Å². The van der Waals surface area contributed by atoms with Crippen molar-refractivity contribution in [2.75, 3.05) is 6.61 Å². The van der Waals surface area contributed by atoms with Gasteiger partial charge in [-0.3, -0.25) is 4.90 Å². The molecule has 2 aromatic carbocycles. The average Bonchev–Trinajstić information content (AvgIpc) is 3.33. The monoisotopic (exact) mass is 377 g/mol. The van der Waals surface area contributed by atoms with Crippen LogP contribution in [0.15, 0.2) is 60.7 Å². The Morgan fingerprint density at radius 2 is 1.71 bits per heavy atom. The Balaban J connectivity index is 1.55. The number of nitrogens with zero attached hydrogens (tertiary/aromatic N) is 1. The number of aliphatic carboxylic acids is 1. The summed E-state index contributed by atoms with van der Waals surface area (Å²) in [5.74, 6) is -1.08. The zero-order valence-electron chi connectivity index (χ0n) is 15.7. The predicted molar refractivity (Wildman–Crippen MR) is 106 cm³/mol. The molecule has 2 atom stereocenters. The SMILES string of the molecule is C[C@H](C(=O)O)N(C(=O)OCC1c2ccccc2-c2ccccc21)[C@@H]1C=CCC1. The van der Waals surface area contributed by atoms with E-state index in [2.05, 4.69) is 24.3 Å². The molecule has 0 aliphatic heterocycles. The number of hydrogen-bond acceptors (Lipinski definition) is 3. The highest BCUT2D eigenvalue weighted by Crippen LogP contribution is 2.44. The predicted octanol–water partition coefficient (Wildman–Crippen LogP) is 4.43. The number of carbonyl (C=O) groups excluding carboxylic acids is 1. The van der Waals surface area contributed by atoms with E-state index < -0.39 is 18.1 Å². The number of carboxylic acids is 1. The Hall–Kier alpha value is -3.08. The molecule has 4 rings (SSSR count). The maximum atomic E-state index is 12.9. The third kappa shape index (κ3) is 3.17. The topological polar surface area (TPSA) is 66.8 Å². The number of ether oxygens (including phenoxy) is 1. The summed E-state index contributed by atoms with van der Waals surface area (Å²) in [5.41, 5.74) is 4.59. The van der Waals surface area contributed by atoms with Gasteiger partial charge in [0.25, 0.3) is 0 Å². The Kier molecular flexibility index (Phi) is 4.90. The summed E-state index contributed by atoms with van der Waals surface area (Å²) in [4.78, 5) is 25.7. The first-order valence-electron chi connectivity index (χ1n) is 9.60. The Labute approximate surface area is 164 Å². The molecule has 0 fully saturated rings. The van der Waals surface area contributed by atoms with Gasteiger partial charge in [0.05, 0.1) is 6.04 Å². The lowest BCUT2D eigenvalue weighted by Crippen LogP contribution is -2.48. The molecular formula is C23H23NO4. The van der Waals surface area contributed by atoms with Crippen LogP contribution in [0.1, 0.15) is 36.8 Å². The first-order chi connectivity index (χ1) is 13.6. The molecule has 5 nitrogen and oxygen atoms in total. The van der Waals surface area contributed by atoms with Gasteiger partial charge in [-0.1, -0.05) is 60.7 Å². The third-order valence-corrected chi connectivity index (χ3v) is 5.67. The summed E-state index contributed by atoms with van der Waals surface area (Å²) in [5, 5.41) is 9.43. The van der Waals surface area contributed by atoms with Gasteiger partial charge in [-0.2, -0.15) is 0 Å². The van der Waals surface area contributed by atoms with Crippen LogP contribution in [0, 0.1) is 0 Å². The van der Waals surface area contributed by atoms with Crippen LogP contribution in [0.25, 0.3) is 11.1 Å². The molecule has 0 radical (unpaired) electrons. The fourth-order valence-electron chi connectivity index (χ4n) is 4.22. The number of fused-ring (bicyclic) bond motifs is 3. The van der Waals surface area contributed by atoms with Crippen LogP contribution in [0.5, 0.6) is 0 Å². The Morgan fingerprint density at radius 1 is 1.11 bits per heavy atom. The molecule has 28 heavy (non-hydrogen) atoms. The van der Waals surface area contributed by atoms with Crippen LogP contribution in [0.3, 0.4) is 0 Å². The summed E-state index contributed by atoms with van der Waals surface area (Å²) in [6, 6.07) is 15.1. The van der Waals surface area contributed by atoms with E-state index in [9.17, 15) is 14.7 Å². The van der Waals surface area contributed by atoms with Gasteiger partial charge in [0.15, 0.2) is 0 Å². The fourth-order valence-corrected chi connectivity index (χ4v) is 4.22. The highest BCUT2D eigenvalue weighted by Gasteiger charge is 2.35. The number of carboxylic acid groups (broad SMARTS) is 1.